The van der Waals surface area contributed by atoms with Gasteiger partial charge in [-0.3, -0.25) is 4.79 Å². The minimum absolute atomic E-state index is 0.0292. The summed E-state index contributed by atoms with van der Waals surface area (Å²) in [5.74, 6) is 2.84. The topological polar surface area (TPSA) is 20.3 Å². The van der Waals surface area contributed by atoms with Crippen molar-refractivity contribution < 1.29 is 4.79 Å². The summed E-state index contributed by atoms with van der Waals surface area (Å²) < 4.78 is 0. The van der Waals surface area contributed by atoms with Gasteiger partial charge in [0, 0.05) is 13.0 Å². The predicted octanol–water partition coefficient (Wildman–Crippen LogP) is 4.10. The number of carbonyl (C=O) groups is 1. The first-order chi connectivity index (χ1) is 8.79. The number of allylic oxidation sites excluding steroid dienone is 2. The molecule has 0 radical (unpaired) electrons. The van der Waals surface area contributed by atoms with Gasteiger partial charge in [-0.2, -0.15) is 0 Å². The molecule has 1 fully saturated rings. The van der Waals surface area contributed by atoms with Gasteiger partial charge >= 0.3 is 0 Å². The molecular formula is C17H29NO. The van der Waals surface area contributed by atoms with E-state index in [1.165, 1.54) is 6.42 Å². The first-order valence-electron chi connectivity index (χ1n) is 7.41. The van der Waals surface area contributed by atoms with Gasteiger partial charge in [-0.05, 0) is 36.3 Å². The Bertz CT molecular complexity index is 367. The summed E-state index contributed by atoms with van der Waals surface area (Å²) >= 11 is 0. The zero-order valence-corrected chi connectivity index (χ0v) is 13.3. The van der Waals surface area contributed by atoms with Crippen LogP contribution in [0.5, 0.6) is 0 Å². The van der Waals surface area contributed by atoms with Crippen molar-refractivity contribution >= 4 is 5.78 Å². The number of rotatable bonds is 6. The van der Waals surface area contributed by atoms with Crippen LogP contribution in [0, 0.1) is 29.6 Å². The van der Waals surface area contributed by atoms with Crippen LogP contribution in [-0.2, 0) is 4.79 Å². The molecule has 1 aliphatic carbocycles. The molecule has 0 amide bonds. The maximum absolute atomic E-state index is 12.3. The lowest BCUT2D eigenvalue weighted by Gasteiger charge is -2.44. The zero-order valence-electron chi connectivity index (χ0n) is 13.3. The van der Waals surface area contributed by atoms with Crippen LogP contribution >= 0.6 is 0 Å². The molecule has 0 aromatic rings. The molecule has 0 heterocycles. The molecule has 0 bridgehead atoms. The van der Waals surface area contributed by atoms with E-state index in [-0.39, 0.29) is 11.7 Å². The lowest BCUT2D eigenvalue weighted by Crippen LogP contribution is -2.38. The molecule has 3 unspecified atom stereocenters. The Morgan fingerprint density at radius 2 is 1.89 bits per heavy atom. The summed E-state index contributed by atoms with van der Waals surface area (Å²) in [5, 5.41) is 0. The van der Waals surface area contributed by atoms with E-state index >= 15 is 0 Å². The summed E-state index contributed by atoms with van der Waals surface area (Å²) in [7, 11) is 1.91. The first kappa shape index (κ1) is 16.0. The zero-order chi connectivity index (χ0) is 14.7. The van der Waals surface area contributed by atoms with Crippen LogP contribution in [-0.4, -0.2) is 17.7 Å². The minimum Gasteiger partial charge on any atom is -0.349 e. The van der Waals surface area contributed by atoms with E-state index in [1.807, 2.05) is 25.8 Å². The van der Waals surface area contributed by atoms with E-state index in [2.05, 4.69) is 33.4 Å². The molecule has 1 saturated carbocycles. The summed E-state index contributed by atoms with van der Waals surface area (Å²) in [6, 6.07) is 0. The number of ketones is 1. The Hall–Kier alpha value is -1.05. The summed E-state index contributed by atoms with van der Waals surface area (Å²) in [6.45, 7) is 14.5. The van der Waals surface area contributed by atoms with Crippen LogP contribution < -0.4 is 0 Å². The number of carbonyl (C=O) groups excluding carboxylic acids is 1. The molecule has 2 nitrogen and oxygen atoms in total. The molecular weight excluding hydrogens is 234 g/mol. The lowest BCUT2D eigenvalue weighted by atomic mass is 9.61. The van der Waals surface area contributed by atoms with Crippen molar-refractivity contribution in [1.82, 2.24) is 4.90 Å². The van der Waals surface area contributed by atoms with Crippen LogP contribution in [0.3, 0.4) is 0 Å². The van der Waals surface area contributed by atoms with Crippen molar-refractivity contribution in [3.05, 3.63) is 24.6 Å². The quantitative estimate of drug-likeness (QED) is 0.672. The van der Waals surface area contributed by atoms with Crippen molar-refractivity contribution in [2.75, 3.05) is 7.05 Å². The molecule has 0 saturated heterocycles. The second-order valence-corrected chi connectivity index (χ2v) is 6.56. The largest absolute Gasteiger partial charge is 0.349 e. The molecule has 0 aromatic carbocycles. The molecule has 0 aliphatic heterocycles. The maximum atomic E-state index is 12.3. The van der Waals surface area contributed by atoms with Gasteiger partial charge in [0.05, 0.1) is 5.70 Å². The highest BCUT2D eigenvalue weighted by Crippen LogP contribution is 2.46. The minimum atomic E-state index is 0.0292. The predicted molar refractivity (Wildman–Crippen MR) is 81.5 cm³/mol. The summed E-state index contributed by atoms with van der Waals surface area (Å²) in [6.07, 6.45) is 5.20. The number of Topliss-reactive ketones (excluding diaryl/α,β-unsaturated/α-hetero) is 1. The fourth-order valence-electron chi connectivity index (χ4n) is 2.92. The van der Waals surface area contributed by atoms with Crippen LogP contribution in [0.1, 0.15) is 41.0 Å². The smallest absolute Gasteiger partial charge is 0.181 e. The van der Waals surface area contributed by atoms with Crippen molar-refractivity contribution in [3.8, 4) is 0 Å². The van der Waals surface area contributed by atoms with Crippen LogP contribution in [0.4, 0.5) is 0 Å². The number of hydrogen-bond donors (Lipinski definition) is 0. The number of nitrogens with zero attached hydrogens (tertiary/aromatic N) is 1. The summed E-state index contributed by atoms with van der Waals surface area (Å²) in [5.41, 5.74) is 0.812. The third-order valence-corrected chi connectivity index (χ3v) is 4.43. The van der Waals surface area contributed by atoms with Crippen LogP contribution in [0.2, 0.25) is 0 Å². The summed E-state index contributed by atoms with van der Waals surface area (Å²) in [4.78, 5) is 14.2. The maximum Gasteiger partial charge on any atom is 0.181 e. The van der Waals surface area contributed by atoms with Gasteiger partial charge in [0.15, 0.2) is 5.78 Å². The van der Waals surface area contributed by atoms with Gasteiger partial charge in [0.25, 0.3) is 0 Å². The highest BCUT2D eigenvalue weighted by Gasteiger charge is 2.39. The molecule has 1 aliphatic rings. The van der Waals surface area contributed by atoms with Crippen molar-refractivity contribution in [3.63, 3.8) is 0 Å². The number of hydrogen-bond acceptors (Lipinski definition) is 2. The average molecular weight is 263 g/mol. The standard InChI is InChI=1S/C17H29NO/c1-8-18(7)16(17(19)12(4)5)10-15-13(6)9-14(15)11(2)3/h8,10-15H,1,9H2,2-7H3/b16-10-. The molecule has 19 heavy (non-hydrogen) atoms. The lowest BCUT2D eigenvalue weighted by molar-refractivity contribution is -0.119. The molecule has 0 N–H and O–H groups in total. The van der Waals surface area contributed by atoms with Gasteiger partial charge in [0.2, 0.25) is 0 Å². The van der Waals surface area contributed by atoms with Crippen molar-refractivity contribution in [2.45, 2.75) is 41.0 Å². The number of likely N-dealkylation sites (N-methyl/N-ethyl adjacent to an activating group) is 1. The van der Waals surface area contributed by atoms with E-state index in [0.29, 0.717) is 23.7 Å². The first-order valence-corrected chi connectivity index (χ1v) is 7.41. The van der Waals surface area contributed by atoms with Gasteiger partial charge < -0.3 is 4.90 Å². The average Bonchev–Trinajstić information content (AvgIpc) is 2.34. The van der Waals surface area contributed by atoms with Gasteiger partial charge in [-0.1, -0.05) is 47.3 Å². The van der Waals surface area contributed by atoms with Crippen LogP contribution in [0.15, 0.2) is 24.6 Å². The Morgan fingerprint density at radius 3 is 2.26 bits per heavy atom. The molecule has 0 aromatic heterocycles. The third kappa shape index (κ3) is 3.49. The van der Waals surface area contributed by atoms with Crippen molar-refractivity contribution in [2.24, 2.45) is 29.6 Å². The highest BCUT2D eigenvalue weighted by atomic mass is 16.1. The fraction of sp³-hybridized carbons (Fsp3) is 0.706. The van der Waals surface area contributed by atoms with E-state index in [4.69, 9.17) is 0 Å². The Labute approximate surface area is 118 Å². The fourth-order valence-corrected chi connectivity index (χ4v) is 2.92. The molecule has 2 heteroatoms. The second-order valence-electron chi connectivity index (χ2n) is 6.56. The Morgan fingerprint density at radius 1 is 1.32 bits per heavy atom. The van der Waals surface area contributed by atoms with Crippen molar-refractivity contribution in [1.29, 1.82) is 0 Å². The monoisotopic (exact) mass is 263 g/mol. The van der Waals surface area contributed by atoms with E-state index in [9.17, 15) is 4.79 Å². The molecule has 1 rings (SSSR count). The molecule has 108 valence electrons. The normalized spacial score (nSPS) is 27.4. The van der Waals surface area contributed by atoms with E-state index in [1.54, 1.807) is 6.20 Å². The van der Waals surface area contributed by atoms with E-state index in [0.717, 1.165) is 5.70 Å². The van der Waals surface area contributed by atoms with Gasteiger partial charge in [-0.25, -0.2) is 0 Å². The van der Waals surface area contributed by atoms with Crippen LogP contribution in [0.25, 0.3) is 0 Å². The molecule has 0 spiro atoms. The Balaban J connectivity index is 3.00. The molecule has 3 atom stereocenters. The SMILES string of the molecule is C=CN(C)/C(=C\C1C(C)CC1C(C)C)C(=O)C(C)C. The Kier molecular flexibility index (Phi) is 5.39. The van der Waals surface area contributed by atoms with Gasteiger partial charge in [-0.15, -0.1) is 0 Å². The second kappa shape index (κ2) is 6.40. The highest BCUT2D eigenvalue weighted by molar-refractivity contribution is 5.96. The van der Waals surface area contributed by atoms with Gasteiger partial charge in [0.1, 0.15) is 0 Å². The van der Waals surface area contributed by atoms with E-state index < -0.39 is 0 Å². The third-order valence-electron chi connectivity index (χ3n) is 4.43.